The first-order valence-electron chi connectivity index (χ1n) is 6.56. The molecule has 1 amide bonds. The standard InChI is InChI=1S/C13H15ClF2N2O5S/c1-18(24(22,23)9-4-2-8(14)3-5-9)7-12(19)17-10(13(20)21)6-11(15)16/h2-5,10-11H,6-7H2,1H3,(H,17,19)(H,20,21). The highest BCUT2D eigenvalue weighted by Crippen LogP contribution is 2.17. The first kappa shape index (κ1) is 20.3. The highest BCUT2D eigenvalue weighted by atomic mass is 35.5. The second kappa shape index (κ2) is 8.36. The molecule has 1 aromatic rings. The lowest BCUT2D eigenvalue weighted by molar-refractivity contribution is -0.143. The van der Waals surface area contributed by atoms with Crippen molar-refractivity contribution in [1.82, 2.24) is 9.62 Å². The molecule has 0 aliphatic heterocycles. The lowest BCUT2D eigenvalue weighted by Crippen LogP contribution is -2.46. The molecule has 11 heteroatoms. The maximum atomic E-state index is 12.3. The number of halogens is 3. The van der Waals surface area contributed by atoms with Gasteiger partial charge in [0.25, 0.3) is 0 Å². The normalized spacial score (nSPS) is 13.1. The third-order valence-electron chi connectivity index (χ3n) is 2.94. The van der Waals surface area contributed by atoms with Gasteiger partial charge >= 0.3 is 5.97 Å². The molecule has 0 heterocycles. The third kappa shape index (κ3) is 5.69. The van der Waals surface area contributed by atoms with Crippen molar-refractivity contribution in [3.05, 3.63) is 29.3 Å². The molecule has 2 N–H and O–H groups in total. The monoisotopic (exact) mass is 384 g/mol. The van der Waals surface area contributed by atoms with Crippen molar-refractivity contribution in [3.8, 4) is 0 Å². The highest BCUT2D eigenvalue weighted by molar-refractivity contribution is 7.89. The van der Waals surface area contributed by atoms with Crippen molar-refractivity contribution in [1.29, 1.82) is 0 Å². The number of hydrogen-bond acceptors (Lipinski definition) is 4. The maximum Gasteiger partial charge on any atom is 0.326 e. The van der Waals surface area contributed by atoms with Crippen molar-refractivity contribution < 1.29 is 31.9 Å². The lowest BCUT2D eigenvalue weighted by atomic mass is 10.2. The molecule has 1 rings (SSSR count). The summed E-state index contributed by atoms with van der Waals surface area (Å²) in [7, 11) is -2.91. The smallest absolute Gasteiger partial charge is 0.326 e. The highest BCUT2D eigenvalue weighted by Gasteiger charge is 2.27. The van der Waals surface area contributed by atoms with Crippen LogP contribution in [-0.4, -0.2) is 55.8 Å². The summed E-state index contributed by atoms with van der Waals surface area (Å²) in [5.41, 5.74) is 0. The molecule has 0 saturated carbocycles. The number of sulfonamides is 1. The molecule has 0 spiro atoms. The molecule has 1 atom stereocenters. The predicted molar refractivity (Wildman–Crippen MR) is 81.5 cm³/mol. The minimum Gasteiger partial charge on any atom is -0.480 e. The molecule has 0 aliphatic carbocycles. The van der Waals surface area contributed by atoms with Gasteiger partial charge < -0.3 is 10.4 Å². The Morgan fingerprint density at radius 2 is 1.83 bits per heavy atom. The number of likely N-dealkylation sites (N-methyl/N-ethyl adjacent to an activating group) is 1. The summed E-state index contributed by atoms with van der Waals surface area (Å²) >= 11 is 5.66. The van der Waals surface area contributed by atoms with Gasteiger partial charge in [-0.3, -0.25) is 4.79 Å². The number of hydrogen-bond donors (Lipinski definition) is 2. The molecular formula is C13H15ClF2N2O5S. The predicted octanol–water partition coefficient (Wildman–Crippen LogP) is 1.19. The molecule has 7 nitrogen and oxygen atoms in total. The minimum absolute atomic E-state index is 0.121. The van der Waals surface area contributed by atoms with Crippen LogP contribution in [0.1, 0.15) is 6.42 Å². The zero-order chi connectivity index (χ0) is 18.5. The van der Waals surface area contributed by atoms with Gasteiger partial charge in [-0.1, -0.05) is 11.6 Å². The second-order valence-corrected chi connectivity index (χ2v) is 7.28. The van der Waals surface area contributed by atoms with Crippen LogP contribution in [0.4, 0.5) is 8.78 Å². The van der Waals surface area contributed by atoms with E-state index in [1.807, 2.05) is 5.32 Å². The van der Waals surface area contributed by atoms with Crippen LogP contribution in [0, 0.1) is 0 Å². The molecule has 0 bridgehead atoms. The van der Waals surface area contributed by atoms with Gasteiger partial charge in [-0.15, -0.1) is 0 Å². The number of benzene rings is 1. The number of nitrogens with zero attached hydrogens (tertiary/aromatic N) is 1. The summed E-state index contributed by atoms with van der Waals surface area (Å²) in [5, 5.41) is 11.0. The number of carboxylic acids is 1. The number of carbonyl (C=O) groups is 2. The zero-order valence-corrected chi connectivity index (χ0v) is 14.0. The molecule has 0 radical (unpaired) electrons. The fourth-order valence-corrected chi connectivity index (χ4v) is 2.97. The number of aliphatic carboxylic acids is 1. The van der Waals surface area contributed by atoms with Crippen LogP contribution >= 0.6 is 11.6 Å². The molecular weight excluding hydrogens is 370 g/mol. The molecule has 0 saturated heterocycles. The fourth-order valence-electron chi connectivity index (χ4n) is 1.71. The number of nitrogens with one attached hydrogen (secondary N) is 1. The van der Waals surface area contributed by atoms with Crippen molar-refractivity contribution in [2.24, 2.45) is 0 Å². The number of rotatable bonds is 8. The van der Waals surface area contributed by atoms with Crippen LogP contribution < -0.4 is 5.32 Å². The van der Waals surface area contributed by atoms with E-state index in [0.717, 1.165) is 7.05 Å². The Hall–Kier alpha value is -1.78. The fraction of sp³-hybridized carbons (Fsp3) is 0.385. The summed E-state index contributed by atoms with van der Waals surface area (Å²) < 4.78 is 49.7. The first-order chi connectivity index (χ1) is 11.0. The van der Waals surface area contributed by atoms with E-state index >= 15 is 0 Å². The van der Waals surface area contributed by atoms with E-state index in [4.69, 9.17) is 16.7 Å². The molecule has 1 aromatic carbocycles. The van der Waals surface area contributed by atoms with Gasteiger partial charge in [0, 0.05) is 18.5 Å². The van der Waals surface area contributed by atoms with Gasteiger partial charge in [-0.2, -0.15) is 4.31 Å². The quantitative estimate of drug-likeness (QED) is 0.700. The van der Waals surface area contributed by atoms with Crippen LogP contribution in [0.2, 0.25) is 5.02 Å². The van der Waals surface area contributed by atoms with E-state index < -0.39 is 47.3 Å². The Bertz CT molecular complexity index is 697. The molecule has 0 fully saturated rings. The molecule has 1 unspecified atom stereocenters. The number of carbonyl (C=O) groups excluding carboxylic acids is 1. The largest absolute Gasteiger partial charge is 0.480 e. The summed E-state index contributed by atoms with van der Waals surface area (Å²) in [6, 6.07) is 3.38. The minimum atomic E-state index is -4.01. The van der Waals surface area contributed by atoms with Crippen molar-refractivity contribution in [2.45, 2.75) is 23.8 Å². The van der Waals surface area contributed by atoms with E-state index in [-0.39, 0.29) is 4.90 Å². The van der Waals surface area contributed by atoms with Gasteiger partial charge in [-0.05, 0) is 24.3 Å². The van der Waals surface area contributed by atoms with E-state index in [9.17, 15) is 26.8 Å². The number of amides is 1. The van der Waals surface area contributed by atoms with Gasteiger partial charge in [0.2, 0.25) is 22.4 Å². The summed E-state index contributed by atoms with van der Waals surface area (Å²) in [5.74, 6) is -2.64. The summed E-state index contributed by atoms with van der Waals surface area (Å²) in [4.78, 5) is 22.4. The Morgan fingerprint density at radius 3 is 2.29 bits per heavy atom. The van der Waals surface area contributed by atoms with Gasteiger partial charge in [-0.25, -0.2) is 22.0 Å². The third-order valence-corrected chi connectivity index (χ3v) is 5.00. The Kier molecular flexibility index (Phi) is 7.06. The van der Waals surface area contributed by atoms with Crippen LogP contribution in [0.25, 0.3) is 0 Å². The average Bonchev–Trinajstić information content (AvgIpc) is 2.46. The molecule has 134 valence electrons. The van der Waals surface area contributed by atoms with Crippen LogP contribution in [0.5, 0.6) is 0 Å². The molecule has 0 aromatic heterocycles. The van der Waals surface area contributed by atoms with Crippen LogP contribution in [-0.2, 0) is 19.6 Å². The topological polar surface area (TPSA) is 104 Å². The van der Waals surface area contributed by atoms with E-state index in [1.165, 1.54) is 24.3 Å². The van der Waals surface area contributed by atoms with Crippen LogP contribution in [0.15, 0.2) is 29.2 Å². The van der Waals surface area contributed by atoms with Crippen molar-refractivity contribution >= 4 is 33.5 Å². The van der Waals surface area contributed by atoms with Crippen LogP contribution in [0.3, 0.4) is 0 Å². The number of carboxylic acid groups (broad SMARTS) is 1. The van der Waals surface area contributed by atoms with Crippen molar-refractivity contribution in [3.63, 3.8) is 0 Å². The SMILES string of the molecule is CN(CC(=O)NC(CC(F)F)C(=O)O)S(=O)(=O)c1ccc(Cl)cc1. The Balaban J connectivity index is 2.78. The van der Waals surface area contributed by atoms with E-state index in [0.29, 0.717) is 9.33 Å². The maximum absolute atomic E-state index is 12.3. The van der Waals surface area contributed by atoms with Gasteiger partial charge in [0.1, 0.15) is 6.04 Å². The number of alkyl halides is 2. The lowest BCUT2D eigenvalue weighted by Gasteiger charge is -2.19. The van der Waals surface area contributed by atoms with Crippen molar-refractivity contribution in [2.75, 3.05) is 13.6 Å². The van der Waals surface area contributed by atoms with E-state index in [2.05, 4.69) is 0 Å². The first-order valence-corrected chi connectivity index (χ1v) is 8.38. The van der Waals surface area contributed by atoms with E-state index in [1.54, 1.807) is 0 Å². The molecule has 0 aliphatic rings. The Morgan fingerprint density at radius 1 is 1.29 bits per heavy atom. The summed E-state index contributed by atoms with van der Waals surface area (Å²) in [6.07, 6.45) is -4.00. The van der Waals surface area contributed by atoms with Gasteiger partial charge in [0.15, 0.2) is 0 Å². The molecule has 24 heavy (non-hydrogen) atoms. The summed E-state index contributed by atoms with van der Waals surface area (Å²) in [6.45, 7) is -0.724. The van der Waals surface area contributed by atoms with Gasteiger partial charge in [0.05, 0.1) is 11.4 Å². The second-order valence-electron chi connectivity index (χ2n) is 4.80. The Labute approximate surface area is 142 Å². The zero-order valence-electron chi connectivity index (χ0n) is 12.4. The average molecular weight is 385 g/mol.